The predicted molar refractivity (Wildman–Crippen MR) is 127 cm³/mol. The van der Waals surface area contributed by atoms with Crippen LogP contribution in [0.15, 0.2) is 60.9 Å². The zero-order valence-corrected chi connectivity index (χ0v) is 19.1. The van der Waals surface area contributed by atoms with E-state index in [2.05, 4.69) is 16.5 Å². The van der Waals surface area contributed by atoms with E-state index in [4.69, 9.17) is 9.47 Å². The SMILES string of the molecule is CN(C[C@@H]1Cc2ccccc2O1)C(=O)c1ccc(-n2cc(NC(=O)C3CCOCC3)cn2)cc1. The number of likely N-dealkylation sites (N-methyl/N-ethyl adjacent to an activating group) is 1. The molecule has 3 heterocycles. The van der Waals surface area contributed by atoms with Gasteiger partial charge in [0, 0.05) is 38.2 Å². The monoisotopic (exact) mass is 460 g/mol. The highest BCUT2D eigenvalue weighted by atomic mass is 16.5. The molecule has 1 N–H and O–H groups in total. The number of benzene rings is 2. The van der Waals surface area contributed by atoms with Crippen LogP contribution in [-0.4, -0.2) is 59.4 Å². The first-order valence-electron chi connectivity index (χ1n) is 11.6. The van der Waals surface area contributed by atoms with Crippen molar-refractivity contribution >= 4 is 17.5 Å². The number of para-hydroxylation sites is 1. The molecule has 0 spiro atoms. The maximum absolute atomic E-state index is 12.9. The Morgan fingerprint density at radius 1 is 1.12 bits per heavy atom. The van der Waals surface area contributed by atoms with E-state index in [-0.39, 0.29) is 23.8 Å². The minimum atomic E-state index is -0.0593. The third kappa shape index (κ3) is 4.82. The van der Waals surface area contributed by atoms with E-state index in [9.17, 15) is 9.59 Å². The standard InChI is InChI=1S/C26H28N4O4/c1-29(17-23-14-20-4-2-3-5-24(20)34-23)26(32)19-6-8-22(9-7-19)30-16-21(15-27-30)28-25(31)18-10-12-33-13-11-18/h2-9,15-16,18,23H,10-14,17H2,1H3,(H,28,31)/t23-/m0/s1. The Bertz CT molecular complexity index is 1140. The number of rotatable bonds is 6. The number of hydrogen-bond acceptors (Lipinski definition) is 5. The molecule has 1 atom stereocenters. The van der Waals surface area contributed by atoms with Crippen LogP contribution in [0.2, 0.25) is 0 Å². The molecule has 8 heteroatoms. The Hall–Kier alpha value is -3.65. The molecule has 2 aliphatic rings. The quantitative estimate of drug-likeness (QED) is 0.610. The summed E-state index contributed by atoms with van der Waals surface area (Å²) in [7, 11) is 1.80. The Labute approximate surface area is 198 Å². The van der Waals surface area contributed by atoms with Gasteiger partial charge in [-0.25, -0.2) is 4.68 Å². The van der Waals surface area contributed by atoms with Crippen LogP contribution >= 0.6 is 0 Å². The van der Waals surface area contributed by atoms with Gasteiger partial charge in [-0.2, -0.15) is 5.10 Å². The molecular formula is C26H28N4O4. The van der Waals surface area contributed by atoms with Crippen molar-refractivity contribution in [3.8, 4) is 11.4 Å². The molecule has 0 radical (unpaired) electrons. The van der Waals surface area contributed by atoms with Crippen molar-refractivity contribution in [1.29, 1.82) is 0 Å². The second-order valence-electron chi connectivity index (χ2n) is 8.83. The second-order valence-corrected chi connectivity index (χ2v) is 8.83. The van der Waals surface area contributed by atoms with Gasteiger partial charge in [-0.1, -0.05) is 18.2 Å². The van der Waals surface area contributed by atoms with Crippen LogP contribution in [0.1, 0.15) is 28.8 Å². The molecule has 1 aromatic heterocycles. The van der Waals surface area contributed by atoms with Gasteiger partial charge in [0.2, 0.25) is 5.91 Å². The number of amides is 2. The van der Waals surface area contributed by atoms with E-state index in [1.54, 1.807) is 41.2 Å². The molecular weight excluding hydrogens is 432 g/mol. The molecule has 0 unspecified atom stereocenters. The summed E-state index contributed by atoms with van der Waals surface area (Å²) in [6.45, 7) is 1.77. The smallest absolute Gasteiger partial charge is 0.253 e. The molecule has 34 heavy (non-hydrogen) atoms. The largest absolute Gasteiger partial charge is 0.488 e. The fourth-order valence-corrected chi connectivity index (χ4v) is 4.45. The van der Waals surface area contributed by atoms with Crippen molar-refractivity contribution < 1.29 is 19.1 Å². The maximum atomic E-state index is 12.9. The lowest BCUT2D eigenvalue weighted by Gasteiger charge is -2.21. The number of nitrogens with zero attached hydrogens (tertiary/aromatic N) is 3. The van der Waals surface area contributed by atoms with E-state index in [0.29, 0.717) is 31.0 Å². The summed E-state index contributed by atoms with van der Waals surface area (Å²) in [5.74, 6) is 0.820. The lowest BCUT2D eigenvalue weighted by atomic mass is 9.99. The van der Waals surface area contributed by atoms with E-state index in [1.165, 1.54) is 5.56 Å². The Kier molecular flexibility index (Phi) is 6.31. The van der Waals surface area contributed by atoms with Crippen molar-refractivity contribution in [2.75, 3.05) is 32.1 Å². The summed E-state index contributed by atoms with van der Waals surface area (Å²) >= 11 is 0. The summed E-state index contributed by atoms with van der Waals surface area (Å²) in [4.78, 5) is 27.0. The first kappa shape index (κ1) is 22.2. The highest BCUT2D eigenvalue weighted by Crippen LogP contribution is 2.28. The molecule has 2 aliphatic heterocycles. The molecule has 1 fully saturated rings. The lowest BCUT2D eigenvalue weighted by molar-refractivity contribution is -0.122. The molecule has 176 valence electrons. The van der Waals surface area contributed by atoms with Gasteiger partial charge in [-0.3, -0.25) is 9.59 Å². The minimum Gasteiger partial charge on any atom is -0.488 e. The Morgan fingerprint density at radius 2 is 1.88 bits per heavy atom. The van der Waals surface area contributed by atoms with Crippen molar-refractivity contribution in [2.24, 2.45) is 5.92 Å². The van der Waals surface area contributed by atoms with Gasteiger partial charge in [-0.05, 0) is 48.7 Å². The van der Waals surface area contributed by atoms with Gasteiger partial charge in [-0.15, -0.1) is 0 Å². The lowest BCUT2D eigenvalue weighted by Crippen LogP contribution is -2.36. The Balaban J connectivity index is 1.17. The van der Waals surface area contributed by atoms with E-state index in [0.717, 1.165) is 30.7 Å². The highest BCUT2D eigenvalue weighted by molar-refractivity contribution is 5.94. The van der Waals surface area contributed by atoms with Crippen LogP contribution in [0.25, 0.3) is 5.69 Å². The van der Waals surface area contributed by atoms with Crippen molar-refractivity contribution in [2.45, 2.75) is 25.4 Å². The number of anilines is 1. The number of nitrogens with one attached hydrogen (secondary N) is 1. The number of aromatic nitrogens is 2. The molecule has 0 bridgehead atoms. The Morgan fingerprint density at radius 3 is 2.65 bits per heavy atom. The number of hydrogen-bond donors (Lipinski definition) is 1. The van der Waals surface area contributed by atoms with E-state index < -0.39 is 0 Å². The number of ether oxygens (including phenoxy) is 2. The van der Waals surface area contributed by atoms with E-state index >= 15 is 0 Å². The maximum Gasteiger partial charge on any atom is 0.253 e. The molecule has 1 saturated heterocycles. The number of carbonyl (C=O) groups is 2. The summed E-state index contributed by atoms with van der Waals surface area (Å²) in [5, 5.41) is 7.28. The average molecular weight is 461 g/mol. The zero-order chi connectivity index (χ0) is 23.5. The summed E-state index contributed by atoms with van der Waals surface area (Å²) in [5.41, 5.74) is 3.23. The van der Waals surface area contributed by atoms with Crippen molar-refractivity contribution in [3.63, 3.8) is 0 Å². The zero-order valence-electron chi connectivity index (χ0n) is 19.1. The van der Waals surface area contributed by atoms with Crippen LogP contribution in [0.4, 0.5) is 5.69 Å². The number of carbonyl (C=O) groups excluding carboxylic acids is 2. The summed E-state index contributed by atoms with van der Waals surface area (Å²) in [6.07, 6.45) is 5.65. The molecule has 2 aromatic carbocycles. The fourth-order valence-electron chi connectivity index (χ4n) is 4.45. The molecule has 5 rings (SSSR count). The van der Waals surface area contributed by atoms with Crippen LogP contribution in [0.5, 0.6) is 5.75 Å². The molecule has 0 saturated carbocycles. The normalized spacial score (nSPS) is 17.6. The number of fused-ring (bicyclic) bond motifs is 1. The fraction of sp³-hybridized carbons (Fsp3) is 0.346. The molecule has 8 nitrogen and oxygen atoms in total. The first-order valence-corrected chi connectivity index (χ1v) is 11.6. The minimum absolute atomic E-state index is 0.00108. The average Bonchev–Trinajstić information content (AvgIpc) is 3.50. The highest BCUT2D eigenvalue weighted by Gasteiger charge is 2.25. The van der Waals surface area contributed by atoms with Gasteiger partial charge in [0.1, 0.15) is 11.9 Å². The first-order chi connectivity index (χ1) is 16.6. The van der Waals surface area contributed by atoms with Crippen LogP contribution < -0.4 is 10.1 Å². The third-order valence-corrected chi connectivity index (χ3v) is 6.36. The third-order valence-electron chi connectivity index (χ3n) is 6.36. The summed E-state index contributed by atoms with van der Waals surface area (Å²) in [6, 6.07) is 15.3. The van der Waals surface area contributed by atoms with Crippen LogP contribution in [-0.2, 0) is 16.0 Å². The van der Waals surface area contributed by atoms with Gasteiger partial charge >= 0.3 is 0 Å². The van der Waals surface area contributed by atoms with Crippen molar-refractivity contribution in [3.05, 3.63) is 72.1 Å². The molecule has 3 aromatic rings. The van der Waals surface area contributed by atoms with E-state index in [1.807, 2.05) is 30.3 Å². The van der Waals surface area contributed by atoms with Gasteiger partial charge in [0.05, 0.1) is 30.3 Å². The van der Waals surface area contributed by atoms with Crippen LogP contribution in [0.3, 0.4) is 0 Å². The predicted octanol–water partition coefficient (Wildman–Crippen LogP) is 3.31. The molecule has 2 amide bonds. The summed E-state index contributed by atoms with van der Waals surface area (Å²) < 4.78 is 13.0. The van der Waals surface area contributed by atoms with Gasteiger partial charge in [0.15, 0.2) is 0 Å². The van der Waals surface area contributed by atoms with Crippen LogP contribution in [0, 0.1) is 5.92 Å². The topological polar surface area (TPSA) is 85.7 Å². The second kappa shape index (κ2) is 9.69. The van der Waals surface area contributed by atoms with Gasteiger partial charge < -0.3 is 19.7 Å². The molecule has 0 aliphatic carbocycles. The van der Waals surface area contributed by atoms with Crippen molar-refractivity contribution in [1.82, 2.24) is 14.7 Å². The van der Waals surface area contributed by atoms with Gasteiger partial charge in [0.25, 0.3) is 5.91 Å².